The van der Waals surface area contributed by atoms with Crippen molar-refractivity contribution in [3.63, 3.8) is 0 Å². The van der Waals surface area contributed by atoms with E-state index in [9.17, 15) is 14.4 Å². The van der Waals surface area contributed by atoms with Gasteiger partial charge in [0.1, 0.15) is 5.78 Å². The molecule has 0 saturated heterocycles. The number of ketones is 2. The molecule has 5 rings (SSSR count). The Hall–Kier alpha value is -1.45. The van der Waals surface area contributed by atoms with Crippen LogP contribution in [0.3, 0.4) is 0 Å². The molecule has 0 radical (unpaired) electrons. The predicted octanol–water partition coefficient (Wildman–Crippen LogP) is 5.74. The van der Waals surface area contributed by atoms with Crippen LogP contribution in [0.25, 0.3) is 0 Å². The molecule has 5 fully saturated rings. The summed E-state index contributed by atoms with van der Waals surface area (Å²) in [7, 11) is 0. The maximum Gasteiger partial charge on any atom is 0.303 e. The summed E-state index contributed by atoms with van der Waals surface area (Å²) in [5.41, 5.74) is 2.17. The molecule has 5 saturated carbocycles. The molecule has 0 heterocycles. The minimum atomic E-state index is -0.798. The first-order valence-corrected chi connectivity index (χ1v) is 12.3. The zero-order valence-corrected chi connectivity index (χ0v) is 19.9. The van der Waals surface area contributed by atoms with Gasteiger partial charge in [0.25, 0.3) is 0 Å². The largest absolute Gasteiger partial charge is 0.481 e. The molecule has 0 aromatic heterocycles. The van der Waals surface area contributed by atoms with Gasteiger partial charge in [-0.15, -0.1) is 0 Å². The number of aliphatic carboxylic acids is 1. The van der Waals surface area contributed by atoms with Gasteiger partial charge >= 0.3 is 5.97 Å². The first kappa shape index (κ1) is 21.4. The highest BCUT2D eigenvalue weighted by Crippen LogP contribution is 2.88. The molecule has 0 aliphatic heterocycles. The Morgan fingerprint density at radius 3 is 2.29 bits per heavy atom. The van der Waals surface area contributed by atoms with E-state index in [2.05, 4.69) is 27.7 Å². The summed E-state index contributed by atoms with van der Waals surface area (Å²) in [6.45, 7) is 11.0. The highest BCUT2D eigenvalue weighted by Gasteiger charge is 2.82. The number of carbonyl (C=O) groups excluding carboxylic acids is 2. The third kappa shape index (κ3) is 2.35. The van der Waals surface area contributed by atoms with Crippen LogP contribution in [0.15, 0.2) is 11.1 Å². The van der Waals surface area contributed by atoms with E-state index in [1.54, 1.807) is 0 Å². The Morgan fingerprint density at radius 1 is 0.968 bits per heavy atom. The smallest absolute Gasteiger partial charge is 0.303 e. The quantitative estimate of drug-likeness (QED) is 0.584. The summed E-state index contributed by atoms with van der Waals surface area (Å²) in [6.07, 6.45) is 8.63. The van der Waals surface area contributed by atoms with Crippen LogP contribution < -0.4 is 0 Å². The molecule has 0 amide bonds. The Kier molecular flexibility index (Phi) is 4.22. The fourth-order valence-corrected chi connectivity index (χ4v) is 9.93. The fraction of sp³-hybridized carbons (Fsp3) is 0.815. The van der Waals surface area contributed by atoms with Gasteiger partial charge in [0.2, 0.25) is 0 Å². The van der Waals surface area contributed by atoms with Crippen molar-refractivity contribution in [2.45, 2.75) is 98.8 Å². The van der Waals surface area contributed by atoms with E-state index in [-0.39, 0.29) is 28.4 Å². The maximum absolute atomic E-state index is 13.4. The minimum Gasteiger partial charge on any atom is -0.481 e. The molecular formula is C27H38O4. The molecule has 170 valence electrons. The molecule has 0 bridgehead atoms. The Labute approximate surface area is 186 Å². The number of carboxylic acid groups (broad SMARTS) is 1. The number of hydrogen-bond donors (Lipinski definition) is 1. The van der Waals surface area contributed by atoms with Crippen LogP contribution in [0, 0.1) is 38.9 Å². The number of carboxylic acids is 1. The summed E-state index contributed by atoms with van der Waals surface area (Å²) in [4.78, 5) is 37.3. The van der Waals surface area contributed by atoms with E-state index in [0.717, 1.165) is 49.7 Å². The van der Waals surface area contributed by atoms with Crippen molar-refractivity contribution in [1.82, 2.24) is 0 Å². The van der Waals surface area contributed by atoms with Gasteiger partial charge in [-0.3, -0.25) is 14.4 Å². The normalized spacial score (nSPS) is 48.9. The zero-order valence-electron chi connectivity index (χ0n) is 19.9. The van der Waals surface area contributed by atoms with Gasteiger partial charge in [-0.2, -0.15) is 0 Å². The van der Waals surface area contributed by atoms with Gasteiger partial charge < -0.3 is 5.11 Å². The second kappa shape index (κ2) is 6.11. The molecule has 31 heavy (non-hydrogen) atoms. The molecule has 2 spiro atoms. The Morgan fingerprint density at radius 2 is 1.61 bits per heavy atom. The molecule has 6 atom stereocenters. The van der Waals surface area contributed by atoms with Crippen molar-refractivity contribution < 1.29 is 19.5 Å². The zero-order chi connectivity index (χ0) is 22.6. The molecule has 4 heteroatoms. The van der Waals surface area contributed by atoms with E-state index in [4.69, 9.17) is 5.11 Å². The van der Waals surface area contributed by atoms with E-state index in [0.29, 0.717) is 41.3 Å². The number of rotatable bonds is 3. The fourth-order valence-electron chi connectivity index (χ4n) is 9.93. The molecule has 4 nitrogen and oxygen atoms in total. The second-order valence-electron chi connectivity index (χ2n) is 12.7. The lowest BCUT2D eigenvalue weighted by Gasteiger charge is -2.61. The third-order valence-corrected chi connectivity index (χ3v) is 11.6. The average Bonchev–Trinajstić information content (AvgIpc) is 3.29. The molecule has 0 aromatic rings. The highest BCUT2D eigenvalue weighted by atomic mass is 16.4. The summed E-state index contributed by atoms with van der Waals surface area (Å²) in [5.74, 6) is 0.947. The number of Topliss-reactive ketones (excluding diaryl/α,β-unsaturated/α-hetero) is 2. The average molecular weight is 427 g/mol. The van der Waals surface area contributed by atoms with E-state index < -0.39 is 5.97 Å². The van der Waals surface area contributed by atoms with E-state index in [1.807, 2.05) is 6.92 Å². The van der Waals surface area contributed by atoms with Gasteiger partial charge in [0.15, 0.2) is 5.78 Å². The van der Waals surface area contributed by atoms with Crippen molar-refractivity contribution in [3.8, 4) is 0 Å². The monoisotopic (exact) mass is 426 g/mol. The van der Waals surface area contributed by atoms with Gasteiger partial charge in [-0.1, -0.05) is 33.3 Å². The molecule has 0 aromatic carbocycles. The van der Waals surface area contributed by atoms with Gasteiger partial charge in [0.05, 0.1) is 0 Å². The first-order valence-electron chi connectivity index (χ1n) is 12.3. The third-order valence-electron chi connectivity index (χ3n) is 11.6. The topological polar surface area (TPSA) is 71.4 Å². The van der Waals surface area contributed by atoms with Crippen LogP contribution in [0.4, 0.5) is 0 Å². The molecule has 5 aliphatic carbocycles. The van der Waals surface area contributed by atoms with Crippen LogP contribution in [0.5, 0.6) is 0 Å². The van der Waals surface area contributed by atoms with Crippen molar-refractivity contribution in [2.75, 3.05) is 0 Å². The number of hydrogen-bond acceptors (Lipinski definition) is 3. The highest BCUT2D eigenvalue weighted by molar-refractivity contribution is 6.01. The number of carbonyl (C=O) groups is 3. The van der Waals surface area contributed by atoms with Crippen LogP contribution in [-0.2, 0) is 14.4 Å². The van der Waals surface area contributed by atoms with Crippen LogP contribution in [-0.4, -0.2) is 22.6 Å². The Bertz CT molecular complexity index is 928. The minimum absolute atomic E-state index is 0.0534. The van der Waals surface area contributed by atoms with Crippen molar-refractivity contribution >= 4 is 17.5 Å². The lowest BCUT2D eigenvalue weighted by molar-refractivity contribution is -0.150. The Balaban J connectivity index is 1.53. The lowest BCUT2D eigenvalue weighted by atomic mass is 9.42. The van der Waals surface area contributed by atoms with Crippen LogP contribution in [0.2, 0.25) is 0 Å². The SMILES string of the molecule is C/C(CCC(=O)O)=C1/C(=O)C[C@@]2(C)[C@@H]3CC[C@H]4C(C)(C)C(=O)CC[C@@]45C[C@@]35CC[C@]12C. The lowest BCUT2D eigenvalue weighted by Crippen LogP contribution is -2.56. The number of fused-ring (bicyclic) bond motifs is 2. The molecular weight excluding hydrogens is 388 g/mol. The second-order valence-corrected chi connectivity index (χ2v) is 12.7. The van der Waals surface area contributed by atoms with Crippen LogP contribution in [0.1, 0.15) is 98.8 Å². The van der Waals surface area contributed by atoms with E-state index in [1.165, 1.54) is 6.42 Å². The van der Waals surface area contributed by atoms with Crippen molar-refractivity contribution in [3.05, 3.63) is 11.1 Å². The van der Waals surface area contributed by atoms with Gasteiger partial charge in [-0.25, -0.2) is 0 Å². The van der Waals surface area contributed by atoms with Crippen molar-refractivity contribution in [2.24, 2.45) is 38.9 Å². The van der Waals surface area contributed by atoms with Crippen LogP contribution >= 0.6 is 0 Å². The van der Waals surface area contributed by atoms with Gasteiger partial charge in [0, 0.05) is 35.7 Å². The molecule has 5 aliphatic rings. The predicted molar refractivity (Wildman–Crippen MR) is 118 cm³/mol. The maximum atomic E-state index is 13.4. The summed E-state index contributed by atoms with van der Waals surface area (Å²) in [6, 6.07) is 0. The molecule has 0 unspecified atom stereocenters. The van der Waals surface area contributed by atoms with Gasteiger partial charge in [-0.05, 0) is 80.0 Å². The first-order chi connectivity index (χ1) is 14.4. The van der Waals surface area contributed by atoms with Crippen molar-refractivity contribution in [1.29, 1.82) is 0 Å². The van der Waals surface area contributed by atoms with E-state index >= 15 is 0 Å². The summed E-state index contributed by atoms with van der Waals surface area (Å²) < 4.78 is 0. The summed E-state index contributed by atoms with van der Waals surface area (Å²) >= 11 is 0. The molecule has 1 N–H and O–H groups in total. The standard InChI is InChI=1S/C27H38O4/c1-16(6-9-21(30)31)22-17(28)14-25(5)19-8-7-18-23(2,3)20(29)10-11-26(18)15-27(19,26)13-12-24(22,25)4/h18-19H,6-15H2,1-5H3,(H,30,31)/b22-16+/t18-,19-,24+,25-,26+,27-/m0/s1. The summed E-state index contributed by atoms with van der Waals surface area (Å²) in [5, 5.41) is 9.15. The number of allylic oxidation sites excluding steroid dienone is 2.